The maximum atomic E-state index is 11.9. The summed E-state index contributed by atoms with van der Waals surface area (Å²) < 4.78 is 6.13. The highest BCUT2D eigenvalue weighted by Crippen LogP contribution is 2.20. The van der Waals surface area contributed by atoms with Gasteiger partial charge >= 0.3 is 0 Å². The zero-order valence-electron chi connectivity index (χ0n) is 10.7. The molecule has 19 heavy (non-hydrogen) atoms. The molecule has 5 heteroatoms. The van der Waals surface area contributed by atoms with Gasteiger partial charge in [-0.1, -0.05) is 34.1 Å². The van der Waals surface area contributed by atoms with E-state index in [1.807, 2.05) is 24.3 Å². The second-order valence-electron chi connectivity index (χ2n) is 4.88. The smallest absolute Gasteiger partial charge is 0.224 e. The number of hydrogen-bond donors (Lipinski definition) is 2. The lowest BCUT2D eigenvalue weighted by Crippen LogP contribution is -2.46. The van der Waals surface area contributed by atoms with Crippen molar-refractivity contribution in [2.24, 2.45) is 0 Å². The van der Waals surface area contributed by atoms with Crippen LogP contribution in [-0.4, -0.2) is 36.4 Å². The van der Waals surface area contributed by atoms with E-state index in [9.17, 15) is 9.90 Å². The van der Waals surface area contributed by atoms with Gasteiger partial charge in [-0.3, -0.25) is 4.79 Å². The first-order valence-corrected chi connectivity index (χ1v) is 7.19. The van der Waals surface area contributed by atoms with Crippen LogP contribution in [0.1, 0.15) is 18.4 Å². The summed E-state index contributed by atoms with van der Waals surface area (Å²) in [4.78, 5) is 11.9. The number of halogens is 1. The lowest BCUT2D eigenvalue weighted by Gasteiger charge is -2.32. The van der Waals surface area contributed by atoms with Gasteiger partial charge in [0, 0.05) is 37.1 Å². The number of amides is 1. The highest BCUT2D eigenvalue weighted by molar-refractivity contribution is 9.10. The summed E-state index contributed by atoms with van der Waals surface area (Å²) in [6.07, 6.45) is 1.46. The van der Waals surface area contributed by atoms with Gasteiger partial charge in [0.25, 0.3) is 0 Å². The molecule has 2 rings (SSSR count). The van der Waals surface area contributed by atoms with Crippen LogP contribution < -0.4 is 5.32 Å². The van der Waals surface area contributed by atoms with Crippen molar-refractivity contribution in [2.75, 3.05) is 19.8 Å². The zero-order chi connectivity index (χ0) is 13.7. The number of carbonyl (C=O) groups excluding carboxylic acids is 1. The van der Waals surface area contributed by atoms with Crippen LogP contribution in [0.25, 0.3) is 0 Å². The van der Waals surface area contributed by atoms with Crippen LogP contribution in [0.5, 0.6) is 0 Å². The van der Waals surface area contributed by atoms with Crippen molar-refractivity contribution in [3.8, 4) is 0 Å². The molecule has 104 valence electrons. The van der Waals surface area contributed by atoms with Crippen molar-refractivity contribution in [2.45, 2.75) is 24.9 Å². The van der Waals surface area contributed by atoms with Gasteiger partial charge in [-0.05, 0) is 11.6 Å². The quantitative estimate of drug-likeness (QED) is 0.884. The highest BCUT2D eigenvalue weighted by atomic mass is 79.9. The van der Waals surface area contributed by atoms with Crippen LogP contribution in [0, 0.1) is 0 Å². The fourth-order valence-electron chi connectivity index (χ4n) is 2.07. The highest BCUT2D eigenvalue weighted by Gasteiger charge is 2.30. The molecule has 0 aliphatic carbocycles. The molecule has 4 nitrogen and oxygen atoms in total. The third-order valence-electron chi connectivity index (χ3n) is 3.35. The molecule has 2 N–H and O–H groups in total. The molecular formula is C14H18BrNO3. The first kappa shape index (κ1) is 14.5. The third kappa shape index (κ3) is 4.30. The number of ether oxygens (including phenoxy) is 1. The molecule has 1 aliphatic heterocycles. The Hall–Kier alpha value is -0.910. The number of carbonyl (C=O) groups is 1. The Labute approximate surface area is 121 Å². The molecule has 1 amide bonds. The van der Waals surface area contributed by atoms with Crippen molar-refractivity contribution >= 4 is 21.8 Å². The summed E-state index contributed by atoms with van der Waals surface area (Å²) in [6, 6.07) is 7.64. The Bertz CT molecular complexity index is 444. The second kappa shape index (κ2) is 6.50. The lowest BCUT2D eigenvalue weighted by atomic mass is 9.94. The average Bonchev–Trinajstić information content (AvgIpc) is 2.40. The molecule has 0 spiro atoms. The number of nitrogens with one attached hydrogen (secondary N) is 1. The Kier molecular flexibility index (Phi) is 4.96. The van der Waals surface area contributed by atoms with Crippen molar-refractivity contribution in [3.05, 3.63) is 34.3 Å². The fourth-order valence-corrected chi connectivity index (χ4v) is 2.49. The van der Waals surface area contributed by atoms with Crippen molar-refractivity contribution in [3.63, 3.8) is 0 Å². The first-order chi connectivity index (χ1) is 9.09. The summed E-state index contributed by atoms with van der Waals surface area (Å²) in [6.45, 7) is 1.40. The largest absolute Gasteiger partial charge is 0.388 e. The van der Waals surface area contributed by atoms with E-state index < -0.39 is 5.60 Å². The predicted molar refractivity (Wildman–Crippen MR) is 75.9 cm³/mol. The van der Waals surface area contributed by atoms with Crippen LogP contribution >= 0.6 is 15.9 Å². The minimum absolute atomic E-state index is 0.0770. The van der Waals surface area contributed by atoms with Crippen molar-refractivity contribution < 1.29 is 14.6 Å². The van der Waals surface area contributed by atoms with Gasteiger partial charge in [-0.25, -0.2) is 0 Å². The SMILES string of the molecule is O=C(Cc1ccccc1Br)NCC1(O)CCOCC1. The van der Waals surface area contributed by atoms with Gasteiger partial charge in [0.05, 0.1) is 12.0 Å². The molecule has 0 atom stereocenters. The second-order valence-corrected chi connectivity index (χ2v) is 5.74. The molecule has 1 fully saturated rings. The lowest BCUT2D eigenvalue weighted by molar-refractivity contribution is -0.123. The van der Waals surface area contributed by atoms with E-state index in [2.05, 4.69) is 21.2 Å². The molecule has 0 saturated carbocycles. The van der Waals surface area contributed by atoms with Gasteiger partial charge in [0.15, 0.2) is 0 Å². The molecule has 0 bridgehead atoms. The van der Waals surface area contributed by atoms with Gasteiger partial charge < -0.3 is 15.2 Å². The summed E-state index contributed by atoms with van der Waals surface area (Å²) in [5.41, 5.74) is 0.126. The Morgan fingerprint density at radius 3 is 2.74 bits per heavy atom. The van der Waals surface area contributed by atoms with Crippen LogP contribution in [0.3, 0.4) is 0 Å². The van der Waals surface area contributed by atoms with Gasteiger partial charge in [-0.15, -0.1) is 0 Å². The summed E-state index contributed by atoms with van der Waals surface area (Å²) in [7, 11) is 0. The number of benzene rings is 1. The summed E-state index contributed by atoms with van der Waals surface area (Å²) in [5, 5.41) is 13.0. The van der Waals surface area contributed by atoms with E-state index in [1.54, 1.807) is 0 Å². The number of aliphatic hydroxyl groups is 1. The average molecular weight is 328 g/mol. The molecular weight excluding hydrogens is 310 g/mol. The minimum Gasteiger partial charge on any atom is -0.388 e. The molecule has 1 aliphatic rings. The molecule has 1 aromatic carbocycles. The monoisotopic (exact) mass is 327 g/mol. The molecule has 0 radical (unpaired) electrons. The zero-order valence-corrected chi connectivity index (χ0v) is 12.3. The maximum Gasteiger partial charge on any atom is 0.224 e. The third-order valence-corrected chi connectivity index (χ3v) is 4.12. The van der Waals surface area contributed by atoms with Gasteiger partial charge in [-0.2, -0.15) is 0 Å². The number of hydrogen-bond acceptors (Lipinski definition) is 3. The normalized spacial score (nSPS) is 18.0. The van der Waals surface area contributed by atoms with Gasteiger partial charge in [0.2, 0.25) is 5.91 Å². The number of rotatable bonds is 4. The van der Waals surface area contributed by atoms with Crippen molar-refractivity contribution in [1.29, 1.82) is 0 Å². The van der Waals surface area contributed by atoms with Gasteiger partial charge in [0.1, 0.15) is 0 Å². The topological polar surface area (TPSA) is 58.6 Å². The van der Waals surface area contributed by atoms with E-state index in [4.69, 9.17) is 4.74 Å². The Balaban J connectivity index is 1.83. The van der Waals surface area contributed by atoms with E-state index >= 15 is 0 Å². The maximum absolute atomic E-state index is 11.9. The molecule has 1 aromatic rings. The predicted octanol–water partition coefficient (Wildman–Crippen LogP) is 1.65. The Morgan fingerprint density at radius 1 is 1.37 bits per heavy atom. The van der Waals surface area contributed by atoms with Crippen LogP contribution in [0.15, 0.2) is 28.7 Å². The van der Waals surface area contributed by atoms with Crippen LogP contribution in [0.4, 0.5) is 0 Å². The first-order valence-electron chi connectivity index (χ1n) is 6.39. The van der Waals surface area contributed by atoms with E-state index in [0.29, 0.717) is 39.0 Å². The molecule has 1 saturated heterocycles. The van der Waals surface area contributed by atoms with Crippen LogP contribution in [0.2, 0.25) is 0 Å². The standard InChI is InChI=1S/C14H18BrNO3/c15-12-4-2-1-3-11(12)9-13(17)16-10-14(18)5-7-19-8-6-14/h1-4,18H,5-10H2,(H,16,17). The summed E-state index contributed by atoms with van der Waals surface area (Å²) in [5.74, 6) is -0.0770. The Morgan fingerprint density at radius 2 is 2.05 bits per heavy atom. The minimum atomic E-state index is -0.818. The van der Waals surface area contributed by atoms with E-state index in [0.717, 1.165) is 10.0 Å². The van der Waals surface area contributed by atoms with E-state index in [1.165, 1.54) is 0 Å². The van der Waals surface area contributed by atoms with E-state index in [-0.39, 0.29) is 5.91 Å². The van der Waals surface area contributed by atoms with Crippen molar-refractivity contribution in [1.82, 2.24) is 5.32 Å². The molecule has 0 aromatic heterocycles. The van der Waals surface area contributed by atoms with Crippen LogP contribution in [-0.2, 0) is 16.0 Å². The fraction of sp³-hybridized carbons (Fsp3) is 0.500. The summed E-state index contributed by atoms with van der Waals surface area (Å²) >= 11 is 3.42. The molecule has 1 heterocycles. The molecule has 0 unspecified atom stereocenters.